The fourth-order valence-corrected chi connectivity index (χ4v) is 2.47. The first-order valence-corrected chi connectivity index (χ1v) is 7.46. The van der Waals surface area contributed by atoms with Gasteiger partial charge in [0.25, 0.3) is 0 Å². The Balaban J connectivity index is 1.97. The maximum atomic E-state index is 12.1. The van der Waals surface area contributed by atoms with Crippen molar-refractivity contribution >= 4 is 17.5 Å². The zero-order chi connectivity index (χ0) is 15.2. The highest BCUT2D eigenvalue weighted by atomic mass is 16.5. The van der Waals surface area contributed by atoms with Gasteiger partial charge in [0.05, 0.1) is 12.6 Å². The number of ether oxygens (including phenoxy) is 1. The van der Waals surface area contributed by atoms with Crippen molar-refractivity contribution < 1.29 is 14.3 Å². The van der Waals surface area contributed by atoms with Crippen LogP contribution in [0.5, 0.6) is 5.75 Å². The molecule has 5 nitrogen and oxygen atoms in total. The molecule has 1 aliphatic heterocycles. The topological polar surface area (TPSA) is 58.6 Å². The molecule has 1 saturated heterocycles. The van der Waals surface area contributed by atoms with Crippen molar-refractivity contribution in [3.8, 4) is 5.75 Å². The highest BCUT2D eigenvalue weighted by molar-refractivity contribution is 5.96. The summed E-state index contributed by atoms with van der Waals surface area (Å²) in [4.78, 5) is 25.4. The molecule has 0 saturated carbocycles. The number of amides is 2. The molecular weight excluding hydrogens is 268 g/mol. The average molecular weight is 290 g/mol. The number of benzene rings is 1. The summed E-state index contributed by atoms with van der Waals surface area (Å²) in [5.74, 6) is 0.852. The molecule has 1 aromatic carbocycles. The van der Waals surface area contributed by atoms with E-state index in [2.05, 4.69) is 5.32 Å². The van der Waals surface area contributed by atoms with Crippen molar-refractivity contribution in [2.75, 3.05) is 18.1 Å². The summed E-state index contributed by atoms with van der Waals surface area (Å²) in [6.07, 6.45) is 1.69. The first kappa shape index (κ1) is 15.4. The first-order valence-electron chi connectivity index (χ1n) is 7.46. The molecule has 0 aromatic heterocycles. The SMILES string of the molecule is CCCC(=O)NC1CC(=O)N(c2ccc(OCC)cc2)C1. The van der Waals surface area contributed by atoms with Gasteiger partial charge in [0.15, 0.2) is 0 Å². The van der Waals surface area contributed by atoms with Crippen LogP contribution in [0.2, 0.25) is 0 Å². The number of carbonyl (C=O) groups excluding carboxylic acids is 2. The second kappa shape index (κ2) is 7.11. The Morgan fingerprint density at radius 3 is 2.67 bits per heavy atom. The molecule has 1 fully saturated rings. The molecule has 1 unspecified atom stereocenters. The minimum absolute atomic E-state index is 0.0174. The highest BCUT2D eigenvalue weighted by Gasteiger charge is 2.31. The molecular formula is C16H22N2O3. The van der Waals surface area contributed by atoms with Crippen LogP contribution < -0.4 is 15.0 Å². The van der Waals surface area contributed by atoms with Gasteiger partial charge in [-0.25, -0.2) is 0 Å². The van der Waals surface area contributed by atoms with E-state index < -0.39 is 0 Å². The van der Waals surface area contributed by atoms with Gasteiger partial charge in [0, 0.05) is 25.1 Å². The molecule has 2 rings (SSSR count). The molecule has 0 radical (unpaired) electrons. The number of nitrogens with one attached hydrogen (secondary N) is 1. The Labute approximate surface area is 125 Å². The van der Waals surface area contributed by atoms with Crippen molar-refractivity contribution in [3.05, 3.63) is 24.3 Å². The number of anilines is 1. The molecule has 21 heavy (non-hydrogen) atoms. The molecule has 1 atom stereocenters. The summed E-state index contributed by atoms with van der Waals surface area (Å²) < 4.78 is 5.39. The number of carbonyl (C=O) groups is 2. The van der Waals surface area contributed by atoms with Crippen LogP contribution in [0.15, 0.2) is 24.3 Å². The minimum Gasteiger partial charge on any atom is -0.494 e. The normalized spacial score (nSPS) is 17.9. The number of hydrogen-bond donors (Lipinski definition) is 1. The fraction of sp³-hybridized carbons (Fsp3) is 0.500. The first-order chi connectivity index (χ1) is 10.1. The molecule has 0 bridgehead atoms. The molecule has 1 N–H and O–H groups in total. The Morgan fingerprint density at radius 1 is 1.33 bits per heavy atom. The van der Waals surface area contributed by atoms with E-state index in [4.69, 9.17) is 4.74 Å². The van der Waals surface area contributed by atoms with Crippen molar-refractivity contribution in [2.24, 2.45) is 0 Å². The van der Waals surface area contributed by atoms with Crippen molar-refractivity contribution in [3.63, 3.8) is 0 Å². The van der Waals surface area contributed by atoms with E-state index in [1.165, 1.54) is 0 Å². The summed E-state index contributed by atoms with van der Waals surface area (Å²) in [5, 5.41) is 2.92. The van der Waals surface area contributed by atoms with Crippen LogP contribution >= 0.6 is 0 Å². The van der Waals surface area contributed by atoms with Crippen molar-refractivity contribution in [1.82, 2.24) is 5.32 Å². The second-order valence-corrected chi connectivity index (χ2v) is 5.15. The van der Waals surface area contributed by atoms with Gasteiger partial charge < -0.3 is 15.0 Å². The average Bonchev–Trinajstić information content (AvgIpc) is 2.81. The van der Waals surface area contributed by atoms with Crippen LogP contribution in [0.3, 0.4) is 0 Å². The zero-order valence-electron chi connectivity index (χ0n) is 12.6. The van der Waals surface area contributed by atoms with Gasteiger partial charge in [0.2, 0.25) is 11.8 Å². The number of rotatable bonds is 6. The fourth-order valence-electron chi connectivity index (χ4n) is 2.47. The largest absolute Gasteiger partial charge is 0.494 e. The van der Waals surface area contributed by atoms with Crippen LogP contribution in [0.25, 0.3) is 0 Å². The third-order valence-electron chi connectivity index (χ3n) is 3.43. The number of nitrogens with zero attached hydrogens (tertiary/aromatic N) is 1. The van der Waals surface area contributed by atoms with Crippen molar-refractivity contribution in [1.29, 1.82) is 0 Å². The van der Waals surface area contributed by atoms with Crippen LogP contribution in [-0.2, 0) is 9.59 Å². The summed E-state index contributed by atoms with van der Waals surface area (Å²) in [6.45, 7) is 5.04. The molecule has 1 aliphatic rings. The Morgan fingerprint density at radius 2 is 2.05 bits per heavy atom. The summed E-state index contributed by atoms with van der Waals surface area (Å²) in [6, 6.07) is 7.37. The summed E-state index contributed by atoms with van der Waals surface area (Å²) in [7, 11) is 0. The van der Waals surface area contributed by atoms with Gasteiger partial charge in [-0.15, -0.1) is 0 Å². The third kappa shape index (κ3) is 3.97. The van der Waals surface area contributed by atoms with E-state index in [1.807, 2.05) is 38.1 Å². The smallest absolute Gasteiger partial charge is 0.229 e. The lowest BCUT2D eigenvalue weighted by Gasteiger charge is -2.17. The highest BCUT2D eigenvalue weighted by Crippen LogP contribution is 2.24. The quantitative estimate of drug-likeness (QED) is 0.873. The summed E-state index contributed by atoms with van der Waals surface area (Å²) in [5.41, 5.74) is 0.843. The monoisotopic (exact) mass is 290 g/mol. The van der Waals surface area contributed by atoms with E-state index in [0.717, 1.165) is 17.9 Å². The third-order valence-corrected chi connectivity index (χ3v) is 3.43. The molecule has 0 aliphatic carbocycles. The second-order valence-electron chi connectivity index (χ2n) is 5.15. The molecule has 0 spiro atoms. The predicted octanol–water partition coefficient (Wildman–Crippen LogP) is 2.11. The van der Waals surface area contributed by atoms with E-state index >= 15 is 0 Å². The van der Waals surface area contributed by atoms with E-state index in [0.29, 0.717) is 26.0 Å². The van der Waals surface area contributed by atoms with Gasteiger partial charge in [0.1, 0.15) is 5.75 Å². The number of hydrogen-bond acceptors (Lipinski definition) is 3. The Kier molecular flexibility index (Phi) is 5.20. The zero-order valence-corrected chi connectivity index (χ0v) is 12.6. The summed E-state index contributed by atoms with van der Waals surface area (Å²) >= 11 is 0. The lowest BCUT2D eigenvalue weighted by molar-refractivity contribution is -0.121. The Bertz CT molecular complexity index is 499. The van der Waals surface area contributed by atoms with Crippen LogP contribution in [-0.4, -0.2) is 31.0 Å². The molecule has 2 amide bonds. The lowest BCUT2D eigenvalue weighted by atomic mass is 10.2. The maximum Gasteiger partial charge on any atom is 0.229 e. The minimum atomic E-state index is -0.0943. The maximum absolute atomic E-state index is 12.1. The van der Waals surface area contributed by atoms with E-state index in [1.54, 1.807) is 4.90 Å². The van der Waals surface area contributed by atoms with E-state index in [9.17, 15) is 9.59 Å². The van der Waals surface area contributed by atoms with Gasteiger partial charge >= 0.3 is 0 Å². The predicted molar refractivity (Wildman–Crippen MR) is 81.4 cm³/mol. The molecule has 1 heterocycles. The standard InChI is InChI=1S/C16H22N2O3/c1-3-5-15(19)17-12-10-16(20)18(11-12)13-6-8-14(9-7-13)21-4-2/h6-9,12H,3-5,10-11H2,1-2H3,(H,17,19). The van der Waals surface area contributed by atoms with Crippen LogP contribution in [0, 0.1) is 0 Å². The van der Waals surface area contributed by atoms with Crippen LogP contribution in [0.1, 0.15) is 33.1 Å². The molecule has 5 heteroatoms. The van der Waals surface area contributed by atoms with Gasteiger partial charge in [-0.2, -0.15) is 0 Å². The van der Waals surface area contributed by atoms with E-state index in [-0.39, 0.29) is 17.9 Å². The lowest BCUT2D eigenvalue weighted by Crippen LogP contribution is -2.36. The van der Waals surface area contributed by atoms with Gasteiger partial charge in [-0.3, -0.25) is 9.59 Å². The Hall–Kier alpha value is -2.04. The van der Waals surface area contributed by atoms with Crippen LogP contribution in [0.4, 0.5) is 5.69 Å². The molecule has 114 valence electrons. The molecule has 1 aromatic rings. The van der Waals surface area contributed by atoms with Crippen molar-refractivity contribution in [2.45, 2.75) is 39.2 Å². The van der Waals surface area contributed by atoms with Gasteiger partial charge in [-0.1, -0.05) is 6.92 Å². The van der Waals surface area contributed by atoms with Gasteiger partial charge in [-0.05, 0) is 37.6 Å².